The molecule has 5 heteroatoms. The van der Waals surface area contributed by atoms with Crippen LogP contribution in [0, 0.1) is 0 Å². The molecule has 0 radical (unpaired) electrons. The summed E-state index contributed by atoms with van der Waals surface area (Å²) in [6.45, 7) is 2.41. The van der Waals surface area contributed by atoms with E-state index in [9.17, 15) is 4.79 Å². The van der Waals surface area contributed by atoms with Crippen molar-refractivity contribution in [1.29, 1.82) is 0 Å². The molecule has 0 bridgehead atoms. The van der Waals surface area contributed by atoms with E-state index in [0.29, 0.717) is 32.0 Å². The standard InChI is InChI=1S/C19H20N2O3/c22-18(16-6-3-4-10-20-16)21-13-15-5-1-2-7-17(15)24-19(14-21)8-11-23-12-9-19/h1-7,10H,8-9,11-14H2. The summed E-state index contributed by atoms with van der Waals surface area (Å²) in [7, 11) is 0. The lowest BCUT2D eigenvalue weighted by Gasteiger charge is -2.38. The van der Waals surface area contributed by atoms with E-state index in [2.05, 4.69) is 4.98 Å². The maximum Gasteiger partial charge on any atom is 0.272 e. The van der Waals surface area contributed by atoms with Crippen molar-refractivity contribution in [3.05, 3.63) is 59.9 Å². The number of hydrogen-bond acceptors (Lipinski definition) is 4. The van der Waals surface area contributed by atoms with Gasteiger partial charge in [-0.1, -0.05) is 24.3 Å². The van der Waals surface area contributed by atoms with Gasteiger partial charge in [-0.25, -0.2) is 0 Å². The van der Waals surface area contributed by atoms with Crippen LogP contribution in [0.25, 0.3) is 0 Å². The third-order valence-corrected chi connectivity index (χ3v) is 4.71. The van der Waals surface area contributed by atoms with Gasteiger partial charge in [-0.2, -0.15) is 0 Å². The van der Waals surface area contributed by atoms with E-state index in [0.717, 1.165) is 24.2 Å². The summed E-state index contributed by atoms with van der Waals surface area (Å²) < 4.78 is 11.9. The second kappa shape index (κ2) is 6.24. The van der Waals surface area contributed by atoms with Gasteiger partial charge >= 0.3 is 0 Å². The molecule has 3 heterocycles. The Morgan fingerprint density at radius 3 is 2.67 bits per heavy atom. The highest BCUT2D eigenvalue weighted by molar-refractivity contribution is 5.92. The Balaban J connectivity index is 1.70. The highest BCUT2D eigenvalue weighted by Gasteiger charge is 2.41. The Labute approximate surface area is 141 Å². The highest BCUT2D eigenvalue weighted by Crippen LogP contribution is 2.35. The average molecular weight is 324 g/mol. The third kappa shape index (κ3) is 2.87. The molecule has 0 aliphatic carbocycles. The normalized spacial score (nSPS) is 19.2. The van der Waals surface area contributed by atoms with Crippen molar-refractivity contribution < 1.29 is 14.3 Å². The van der Waals surface area contributed by atoms with Gasteiger partial charge in [0.05, 0.1) is 19.8 Å². The van der Waals surface area contributed by atoms with E-state index >= 15 is 0 Å². The molecule has 1 amide bonds. The first kappa shape index (κ1) is 15.1. The van der Waals surface area contributed by atoms with E-state index < -0.39 is 0 Å². The summed E-state index contributed by atoms with van der Waals surface area (Å²) in [5.74, 6) is 0.817. The first-order valence-corrected chi connectivity index (χ1v) is 8.31. The number of carbonyl (C=O) groups is 1. The smallest absolute Gasteiger partial charge is 0.272 e. The molecule has 124 valence electrons. The summed E-state index contributed by atoms with van der Waals surface area (Å²) in [5.41, 5.74) is 1.12. The molecule has 1 spiro atoms. The molecule has 4 rings (SSSR count). The Hall–Kier alpha value is -2.40. The van der Waals surface area contributed by atoms with Gasteiger partial charge < -0.3 is 14.4 Å². The number of hydrogen-bond donors (Lipinski definition) is 0. The molecule has 2 aromatic rings. The molecule has 0 N–H and O–H groups in total. The number of para-hydroxylation sites is 1. The monoisotopic (exact) mass is 324 g/mol. The third-order valence-electron chi connectivity index (χ3n) is 4.71. The van der Waals surface area contributed by atoms with Crippen LogP contribution in [-0.2, 0) is 11.3 Å². The fourth-order valence-electron chi connectivity index (χ4n) is 3.41. The summed E-state index contributed by atoms with van der Waals surface area (Å²) in [6, 6.07) is 13.4. The maximum absolute atomic E-state index is 13.0. The maximum atomic E-state index is 13.0. The molecule has 1 aromatic carbocycles. The molecular formula is C19H20N2O3. The first-order chi connectivity index (χ1) is 11.8. The second-order valence-corrected chi connectivity index (χ2v) is 6.38. The minimum Gasteiger partial charge on any atom is -0.485 e. The molecule has 2 aliphatic heterocycles. The highest BCUT2D eigenvalue weighted by atomic mass is 16.5. The SMILES string of the molecule is O=C(c1ccccn1)N1Cc2ccccc2OC2(CCOCC2)C1. The van der Waals surface area contributed by atoms with Gasteiger partial charge in [0.25, 0.3) is 5.91 Å². The van der Waals surface area contributed by atoms with Crippen molar-refractivity contribution in [3.8, 4) is 5.75 Å². The molecule has 1 aromatic heterocycles. The van der Waals surface area contributed by atoms with Crippen LogP contribution >= 0.6 is 0 Å². The lowest BCUT2D eigenvalue weighted by Crippen LogP contribution is -2.50. The molecule has 0 unspecified atom stereocenters. The lowest BCUT2D eigenvalue weighted by molar-refractivity contribution is -0.0551. The molecular weight excluding hydrogens is 304 g/mol. The number of amides is 1. The Kier molecular flexibility index (Phi) is 3.94. The fraction of sp³-hybridized carbons (Fsp3) is 0.368. The predicted octanol–water partition coefficient (Wildman–Crippen LogP) is 2.67. The first-order valence-electron chi connectivity index (χ1n) is 8.31. The van der Waals surface area contributed by atoms with Crippen LogP contribution in [0.15, 0.2) is 48.7 Å². The molecule has 0 saturated carbocycles. The zero-order chi connectivity index (χ0) is 16.4. The van der Waals surface area contributed by atoms with Crippen molar-refractivity contribution in [2.24, 2.45) is 0 Å². The van der Waals surface area contributed by atoms with Gasteiger partial charge in [0, 0.05) is 31.1 Å². The molecule has 1 saturated heterocycles. The summed E-state index contributed by atoms with van der Waals surface area (Å²) in [5, 5.41) is 0. The zero-order valence-electron chi connectivity index (χ0n) is 13.5. The Morgan fingerprint density at radius 1 is 1.08 bits per heavy atom. The molecule has 0 atom stereocenters. The average Bonchev–Trinajstić information content (AvgIpc) is 2.79. The largest absolute Gasteiger partial charge is 0.485 e. The van der Waals surface area contributed by atoms with E-state index in [1.165, 1.54) is 0 Å². The van der Waals surface area contributed by atoms with Crippen LogP contribution < -0.4 is 4.74 Å². The van der Waals surface area contributed by atoms with Gasteiger partial charge in [-0.3, -0.25) is 9.78 Å². The van der Waals surface area contributed by atoms with Crippen LogP contribution in [0.3, 0.4) is 0 Å². The lowest BCUT2D eigenvalue weighted by atomic mass is 9.93. The summed E-state index contributed by atoms with van der Waals surface area (Å²) in [6.07, 6.45) is 3.22. The molecule has 2 aliphatic rings. The van der Waals surface area contributed by atoms with Crippen molar-refractivity contribution in [2.45, 2.75) is 25.0 Å². The zero-order valence-corrected chi connectivity index (χ0v) is 13.5. The van der Waals surface area contributed by atoms with E-state index in [-0.39, 0.29) is 11.5 Å². The van der Waals surface area contributed by atoms with Crippen molar-refractivity contribution >= 4 is 5.91 Å². The van der Waals surface area contributed by atoms with Crippen LogP contribution in [-0.4, -0.2) is 41.2 Å². The number of nitrogens with zero attached hydrogens (tertiary/aromatic N) is 2. The predicted molar refractivity (Wildman–Crippen MR) is 88.8 cm³/mol. The van der Waals surface area contributed by atoms with Crippen LogP contribution in [0.5, 0.6) is 5.75 Å². The summed E-state index contributed by atoms with van der Waals surface area (Å²) in [4.78, 5) is 19.0. The van der Waals surface area contributed by atoms with E-state index in [4.69, 9.17) is 9.47 Å². The van der Waals surface area contributed by atoms with Crippen LogP contribution in [0.4, 0.5) is 0 Å². The van der Waals surface area contributed by atoms with Gasteiger partial charge in [0.2, 0.25) is 0 Å². The van der Waals surface area contributed by atoms with Gasteiger partial charge in [-0.15, -0.1) is 0 Å². The van der Waals surface area contributed by atoms with Crippen molar-refractivity contribution in [3.63, 3.8) is 0 Å². The van der Waals surface area contributed by atoms with E-state index in [1.54, 1.807) is 12.3 Å². The van der Waals surface area contributed by atoms with Crippen molar-refractivity contribution in [2.75, 3.05) is 19.8 Å². The molecule has 24 heavy (non-hydrogen) atoms. The Bertz CT molecular complexity index is 726. The minimum atomic E-state index is -0.380. The van der Waals surface area contributed by atoms with E-state index in [1.807, 2.05) is 41.3 Å². The number of rotatable bonds is 1. The summed E-state index contributed by atoms with van der Waals surface area (Å²) >= 11 is 0. The second-order valence-electron chi connectivity index (χ2n) is 6.38. The van der Waals surface area contributed by atoms with Crippen molar-refractivity contribution in [1.82, 2.24) is 9.88 Å². The topological polar surface area (TPSA) is 51.7 Å². The van der Waals surface area contributed by atoms with Gasteiger partial charge in [-0.05, 0) is 18.2 Å². The molecule has 5 nitrogen and oxygen atoms in total. The van der Waals surface area contributed by atoms with Gasteiger partial charge in [0.1, 0.15) is 17.0 Å². The Morgan fingerprint density at radius 2 is 1.88 bits per heavy atom. The number of pyridine rings is 1. The number of ether oxygens (including phenoxy) is 2. The number of benzene rings is 1. The van der Waals surface area contributed by atoms with Gasteiger partial charge in [0.15, 0.2) is 0 Å². The number of fused-ring (bicyclic) bond motifs is 1. The number of aromatic nitrogens is 1. The molecule has 1 fully saturated rings. The minimum absolute atomic E-state index is 0.0539. The van der Waals surface area contributed by atoms with Crippen LogP contribution in [0.2, 0.25) is 0 Å². The van der Waals surface area contributed by atoms with Crippen LogP contribution in [0.1, 0.15) is 28.9 Å². The number of carbonyl (C=O) groups excluding carboxylic acids is 1. The quantitative estimate of drug-likeness (QED) is 0.809. The fourth-order valence-corrected chi connectivity index (χ4v) is 3.41.